The van der Waals surface area contributed by atoms with E-state index in [1.54, 1.807) is 0 Å². The van der Waals surface area contributed by atoms with Crippen LogP contribution in [-0.2, 0) is 0 Å². The average Bonchev–Trinajstić information content (AvgIpc) is 1.61. The molecule has 3 heteroatoms. The van der Waals surface area contributed by atoms with E-state index in [2.05, 4.69) is 5.32 Å². The summed E-state index contributed by atoms with van der Waals surface area (Å²) in [4.78, 5) is 0. The Labute approximate surface area is 56.4 Å². The maximum absolute atomic E-state index is 3.05. The fourth-order valence-corrected chi connectivity index (χ4v) is 1.49. The van der Waals surface area contributed by atoms with E-state index in [4.69, 9.17) is 0 Å². The first-order valence-electron chi connectivity index (χ1n) is 1.84. The Balaban J connectivity index is 2.34. The van der Waals surface area contributed by atoms with Crippen LogP contribution in [0.4, 0.5) is 0 Å². The van der Waals surface area contributed by atoms with Crippen LogP contribution in [0.15, 0.2) is 0 Å². The number of thioether (sulfide) groups is 1. The van der Waals surface area contributed by atoms with E-state index in [0.29, 0.717) is 0 Å². The molecule has 0 unspecified atom stereocenters. The van der Waals surface area contributed by atoms with Crippen molar-refractivity contribution in [2.45, 2.75) is 0 Å². The minimum atomic E-state index is 1.11. The Hall–Kier alpha value is 1.11. The molecule has 0 saturated heterocycles. The summed E-state index contributed by atoms with van der Waals surface area (Å²) >= 11 is 3.33. The summed E-state index contributed by atoms with van der Waals surface area (Å²) in [6, 6.07) is 0. The predicted octanol–water partition coefficient (Wildman–Crippen LogP) is -0.245. The van der Waals surface area contributed by atoms with Gasteiger partial charge in [0.05, 0.1) is 0 Å². The van der Waals surface area contributed by atoms with Gasteiger partial charge in [-0.05, 0) is 0 Å². The maximum atomic E-state index is 3.05. The summed E-state index contributed by atoms with van der Waals surface area (Å²) in [6.45, 7) is 0. The number of hydrogen-bond acceptors (Lipinski definition) is 2. The van der Waals surface area contributed by atoms with Gasteiger partial charge in [0.15, 0.2) is 0 Å². The molecule has 0 aliphatic carbocycles. The normalized spacial score (nSPS) is 9.00. The predicted molar refractivity (Wildman–Crippen MR) is 33.5 cm³/mol. The van der Waals surface area contributed by atoms with Crippen LogP contribution < -0.4 is 5.32 Å². The summed E-state index contributed by atoms with van der Waals surface area (Å²) in [5.74, 6) is 1.11. The van der Waals surface area contributed by atoms with Crippen molar-refractivity contribution in [3.05, 3.63) is 0 Å². The molecule has 0 fully saturated rings. The summed E-state index contributed by atoms with van der Waals surface area (Å²) in [7, 11) is 1.98. The number of hydrogen-bond donors (Lipinski definition) is 1. The Bertz CT molecular complexity index is 22.8. The monoisotopic (exact) mass is 211 g/mol. The molecule has 0 rings (SSSR count). The van der Waals surface area contributed by atoms with E-state index in [-0.39, 0.29) is 0 Å². The van der Waals surface area contributed by atoms with E-state index < -0.39 is 0 Å². The Kier molecular flexibility index (Phi) is 7.24. The van der Waals surface area contributed by atoms with Gasteiger partial charge in [-0.25, -0.2) is 0 Å². The van der Waals surface area contributed by atoms with Crippen LogP contribution in [0.25, 0.3) is 0 Å². The van der Waals surface area contributed by atoms with E-state index >= 15 is 0 Å². The van der Waals surface area contributed by atoms with Gasteiger partial charge in [0.2, 0.25) is 0 Å². The molecule has 0 atom stereocenters. The van der Waals surface area contributed by atoms with Crippen molar-refractivity contribution >= 4 is 34.3 Å². The summed E-state index contributed by atoms with van der Waals surface area (Å²) in [5.41, 5.74) is 0. The first kappa shape index (κ1) is 7.11. The van der Waals surface area contributed by atoms with Crippen LogP contribution in [0.5, 0.6) is 0 Å². The fourth-order valence-electron chi connectivity index (χ4n) is 0.161. The first-order chi connectivity index (χ1) is 2.91. The van der Waals surface area contributed by atoms with E-state index in [0.717, 1.165) is 5.88 Å². The van der Waals surface area contributed by atoms with E-state index in [1.807, 2.05) is 18.8 Å². The van der Waals surface area contributed by atoms with Gasteiger partial charge in [-0.15, -0.1) is 0 Å². The van der Waals surface area contributed by atoms with E-state index in [9.17, 15) is 0 Å². The molecule has 1 nitrogen and oxygen atoms in total. The molecule has 0 heterocycles. The molecule has 0 aliphatic rings. The topological polar surface area (TPSA) is 12.0 Å². The zero-order valence-electron chi connectivity index (χ0n) is 3.90. The first-order valence-corrected chi connectivity index (χ1v) is 5.32. The Morgan fingerprint density at radius 2 is 2.50 bits per heavy atom. The molecule has 0 spiro atoms. The van der Waals surface area contributed by atoms with Crippen LogP contribution >= 0.6 is 11.8 Å². The van der Waals surface area contributed by atoms with Crippen LogP contribution in [0.1, 0.15) is 0 Å². The van der Waals surface area contributed by atoms with Crippen molar-refractivity contribution in [3.8, 4) is 0 Å². The molecule has 0 aromatic rings. The second kappa shape index (κ2) is 6.11. The molecule has 0 aromatic heterocycles. The second-order valence-corrected chi connectivity index (χ2v) is 4.75. The fraction of sp³-hybridized carbons (Fsp3) is 1.00. The van der Waals surface area contributed by atoms with Gasteiger partial charge in [0.1, 0.15) is 0 Å². The van der Waals surface area contributed by atoms with Gasteiger partial charge in [0.25, 0.3) is 0 Å². The third kappa shape index (κ3) is 5.11. The molecule has 1 N–H and O–H groups in total. The SMILES string of the molecule is CNCS[CH2][SnH]. The van der Waals surface area contributed by atoms with Gasteiger partial charge in [-0.3, -0.25) is 0 Å². The van der Waals surface area contributed by atoms with Crippen LogP contribution in [0, 0.1) is 0 Å². The summed E-state index contributed by atoms with van der Waals surface area (Å²) < 4.78 is 1.34. The standard InChI is InChI=1S/C3H8NS.Sn.H/c1-4-3-5-2;;/h4H,2-3H2,1H3;;. The van der Waals surface area contributed by atoms with Crippen LogP contribution in [-0.4, -0.2) is 39.2 Å². The summed E-state index contributed by atoms with van der Waals surface area (Å²) in [6.07, 6.45) is 0. The second-order valence-electron chi connectivity index (χ2n) is 0.869. The van der Waals surface area contributed by atoms with Crippen LogP contribution in [0.2, 0.25) is 0 Å². The van der Waals surface area contributed by atoms with Gasteiger partial charge in [-0.2, -0.15) is 0 Å². The summed E-state index contributed by atoms with van der Waals surface area (Å²) in [5, 5.41) is 3.05. The molecule has 0 aromatic carbocycles. The van der Waals surface area contributed by atoms with Crippen molar-refractivity contribution in [2.75, 3.05) is 16.7 Å². The molecule has 6 heavy (non-hydrogen) atoms. The quantitative estimate of drug-likeness (QED) is 0.391. The van der Waals surface area contributed by atoms with Crippen molar-refractivity contribution < 1.29 is 0 Å². The third-order valence-corrected chi connectivity index (χ3v) is 3.11. The molecule has 0 amide bonds. The zero-order valence-corrected chi connectivity index (χ0v) is 8.01. The molecule has 36 valence electrons. The average molecular weight is 210 g/mol. The molecular formula is C3H9NSSn. The van der Waals surface area contributed by atoms with Crippen LogP contribution in [0.3, 0.4) is 0 Å². The van der Waals surface area contributed by atoms with Gasteiger partial charge in [-0.1, -0.05) is 0 Å². The Morgan fingerprint density at radius 3 is 2.67 bits per heavy atom. The molecule has 2 radical (unpaired) electrons. The van der Waals surface area contributed by atoms with Crippen molar-refractivity contribution in [1.29, 1.82) is 0 Å². The third-order valence-electron chi connectivity index (χ3n) is 0.364. The zero-order chi connectivity index (χ0) is 4.83. The van der Waals surface area contributed by atoms with E-state index in [1.165, 1.54) is 26.3 Å². The van der Waals surface area contributed by atoms with Crippen molar-refractivity contribution in [1.82, 2.24) is 5.32 Å². The van der Waals surface area contributed by atoms with Crippen molar-refractivity contribution in [2.24, 2.45) is 0 Å². The Morgan fingerprint density at radius 1 is 1.83 bits per heavy atom. The molecule has 0 bridgehead atoms. The molecular weight excluding hydrogens is 201 g/mol. The molecule has 0 saturated carbocycles. The minimum absolute atomic E-state index is 1.11. The molecule has 0 aliphatic heterocycles. The van der Waals surface area contributed by atoms with Gasteiger partial charge >= 0.3 is 56.3 Å². The van der Waals surface area contributed by atoms with Gasteiger partial charge in [0, 0.05) is 0 Å². The number of nitrogens with one attached hydrogen (secondary N) is 1. The van der Waals surface area contributed by atoms with Gasteiger partial charge < -0.3 is 0 Å². The number of rotatable bonds is 3. The van der Waals surface area contributed by atoms with Crippen molar-refractivity contribution in [3.63, 3.8) is 0 Å².